The third-order valence-electron chi connectivity index (χ3n) is 0.882. The Morgan fingerprint density at radius 1 is 1.58 bits per heavy atom. The summed E-state index contributed by atoms with van der Waals surface area (Å²) in [5, 5.41) is 9.12. The van der Waals surface area contributed by atoms with Crippen LogP contribution in [0.5, 0.6) is 0 Å². The van der Waals surface area contributed by atoms with Gasteiger partial charge in [0.1, 0.15) is 5.60 Å². The molecular weight excluding hydrogens is 156 g/mol. The zero-order valence-corrected chi connectivity index (χ0v) is 7.42. The predicted molar refractivity (Wildman–Crippen MR) is 45.2 cm³/mol. The third kappa shape index (κ3) is 6.84. The van der Waals surface area contributed by atoms with Crippen molar-refractivity contribution in [3.05, 3.63) is 12.2 Å². The lowest BCUT2D eigenvalue weighted by atomic mass is 10.1. The molecule has 66 valence electrons. The lowest BCUT2D eigenvalue weighted by molar-refractivity contribution is -0.134. The lowest BCUT2D eigenvalue weighted by Crippen LogP contribution is -2.14. The minimum absolute atomic E-state index is 0.458. The van der Waals surface area contributed by atoms with Crippen molar-refractivity contribution in [3.63, 3.8) is 0 Å². The smallest absolute Gasteiger partial charge is 0.331 e. The van der Waals surface area contributed by atoms with Gasteiger partial charge < -0.3 is 9.84 Å². The number of allylic oxidation sites excluding steroid dienone is 1. The molecule has 3 nitrogen and oxygen atoms in total. The Balaban J connectivity index is 4.03. The van der Waals surface area contributed by atoms with Crippen LogP contribution in [-0.2, 0) is 9.53 Å². The summed E-state index contributed by atoms with van der Waals surface area (Å²) in [5.41, 5.74) is -1.03. The van der Waals surface area contributed by atoms with Crippen molar-refractivity contribution in [2.75, 3.05) is 7.11 Å². The highest BCUT2D eigenvalue weighted by Crippen LogP contribution is 1.95. The molecule has 0 bridgehead atoms. The van der Waals surface area contributed by atoms with Gasteiger partial charge in [0.2, 0.25) is 0 Å². The fraction of sp³-hybridized carbons (Fsp3) is 0.444. The average molecular weight is 168 g/mol. The summed E-state index contributed by atoms with van der Waals surface area (Å²) in [6.45, 7) is 3.12. The van der Waals surface area contributed by atoms with Crippen molar-refractivity contribution in [1.29, 1.82) is 0 Å². The van der Waals surface area contributed by atoms with E-state index in [1.165, 1.54) is 19.3 Å². The van der Waals surface area contributed by atoms with Crippen LogP contribution in [0, 0.1) is 11.8 Å². The molecule has 0 saturated heterocycles. The predicted octanol–water partition coefficient (Wildman–Crippen LogP) is 0.490. The van der Waals surface area contributed by atoms with Gasteiger partial charge in [-0.25, -0.2) is 4.79 Å². The molecule has 0 radical (unpaired) electrons. The lowest BCUT2D eigenvalue weighted by Gasteiger charge is -2.04. The maximum absolute atomic E-state index is 10.5. The van der Waals surface area contributed by atoms with Gasteiger partial charge in [0, 0.05) is 6.08 Å². The number of hydrogen-bond donors (Lipinski definition) is 1. The molecule has 0 aromatic rings. The quantitative estimate of drug-likeness (QED) is 0.352. The molecule has 0 spiro atoms. The third-order valence-corrected chi connectivity index (χ3v) is 0.882. The van der Waals surface area contributed by atoms with Crippen LogP contribution in [0.15, 0.2) is 12.2 Å². The number of esters is 1. The summed E-state index contributed by atoms with van der Waals surface area (Å²) in [4.78, 5) is 10.5. The Bertz CT molecular complexity index is 235. The molecule has 0 fully saturated rings. The maximum Gasteiger partial charge on any atom is 0.331 e. The zero-order chi connectivity index (χ0) is 9.61. The van der Waals surface area contributed by atoms with Crippen LogP contribution in [0.25, 0.3) is 0 Å². The number of aliphatic hydroxyl groups is 1. The van der Waals surface area contributed by atoms with E-state index >= 15 is 0 Å². The molecule has 1 N–H and O–H groups in total. The highest BCUT2D eigenvalue weighted by Gasteiger charge is 2.04. The SMILES string of the molecule is COC(=O)/C=C/C#CC(C)(C)O. The number of methoxy groups -OCH3 is 1. The van der Waals surface area contributed by atoms with Crippen LogP contribution in [0.4, 0.5) is 0 Å². The Morgan fingerprint density at radius 3 is 2.58 bits per heavy atom. The summed E-state index contributed by atoms with van der Waals surface area (Å²) in [7, 11) is 1.29. The molecule has 0 rings (SSSR count). The second-order valence-corrected chi connectivity index (χ2v) is 2.68. The fourth-order valence-electron chi connectivity index (χ4n) is 0.396. The summed E-state index contributed by atoms with van der Waals surface area (Å²) in [6, 6.07) is 0. The van der Waals surface area contributed by atoms with Gasteiger partial charge in [-0.2, -0.15) is 0 Å². The second kappa shape index (κ2) is 4.58. The molecule has 0 saturated carbocycles. The zero-order valence-electron chi connectivity index (χ0n) is 7.42. The largest absolute Gasteiger partial charge is 0.466 e. The number of carbonyl (C=O) groups excluding carboxylic acids is 1. The fourth-order valence-corrected chi connectivity index (χ4v) is 0.396. The van der Waals surface area contributed by atoms with Crippen molar-refractivity contribution >= 4 is 5.97 Å². The first-order chi connectivity index (χ1) is 5.45. The first kappa shape index (κ1) is 10.7. The Labute approximate surface area is 72.0 Å². The van der Waals surface area contributed by atoms with E-state index in [4.69, 9.17) is 5.11 Å². The normalized spacial score (nSPS) is 10.7. The van der Waals surface area contributed by atoms with E-state index in [2.05, 4.69) is 16.6 Å². The number of ether oxygens (including phenoxy) is 1. The van der Waals surface area contributed by atoms with E-state index in [0.717, 1.165) is 0 Å². The van der Waals surface area contributed by atoms with Gasteiger partial charge in [-0.1, -0.05) is 11.8 Å². The molecule has 0 aromatic heterocycles. The molecule has 0 amide bonds. The van der Waals surface area contributed by atoms with E-state index in [9.17, 15) is 4.79 Å². The van der Waals surface area contributed by atoms with Gasteiger partial charge >= 0.3 is 5.97 Å². The van der Waals surface area contributed by atoms with Crippen molar-refractivity contribution < 1.29 is 14.6 Å². The highest BCUT2D eigenvalue weighted by molar-refractivity contribution is 5.82. The van der Waals surface area contributed by atoms with Gasteiger partial charge in [-0.3, -0.25) is 0 Å². The summed E-state index contributed by atoms with van der Waals surface area (Å²) in [5.74, 6) is 4.56. The molecule has 0 unspecified atom stereocenters. The van der Waals surface area contributed by atoms with Gasteiger partial charge in [-0.05, 0) is 19.9 Å². The van der Waals surface area contributed by atoms with Gasteiger partial charge in [0.05, 0.1) is 7.11 Å². The maximum atomic E-state index is 10.5. The second-order valence-electron chi connectivity index (χ2n) is 2.68. The molecule has 3 heteroatoms. The molecule has 0 aliphatic heterocycles. The number of hydrogen-bond acceptors (Lipinski definition) is 3. The first-order valence-electron chi connectivity index (χ1n) is 3.45. The van der Waals surface area contributed by atoms with Crippen molar-refractivity contribution in [1.82, 2.24) is 0 Å². The molecule has 0 aliphatic rings. The molecule has 0 heterocycles. The monoisotopic (exact) mass is 168 g/mol. The number of carbonyl (C=O) groups is 1. The van der Waals surface area contributed by atoms with Crippen LogP contribution in [0.3, 0.4) is 0 Å². The van der Waals surface area contributed by atoms with Gasteiger partial charge in [0.25, 0.3) is 0 Å². The highest BCUT2D eigenvalue weighted by atomic mass is 16.5. The Kier molecular flexibility index (Phi) is 4.09. The molecular formula is C9H12O3. The van der Waals surface area contributed by atoms with E-state index in [1.807, 2.05) is 0 Å². The van der Waals surface area contributed by atoms with Gasteiger partial charge in [0.15, 0.2) is 0 Å². The average Bonchev–Trinajstić information content (AvgIpc) is 1.96. The van der Waals surface area contributed by atoms with E-state index in [-0.39, 0.29) is 0 Å². The molecule has 0 aliphatic carbocycles. The van der Waals surface area contributed by atoms with Crippen LogP contribution < -0.4 is 0 Å². The van der Waals surface area contributed by atoms with E-state index in [1.54, 1.807) is 13.8 Å². The first-order valence-corrected chi connectivity index (χ1v) is 3.45. The summed E-state index contributed by atoms with van der Waals surface area (Å²) < 4.78 is 4.33. The molecule has 12 heavy (non-hydrogen) atoms. The van der Waals surface area contributed by atoms with E-state index in [0.29, 0.717) is 0 Å². The van der Waals surface area contributed by atoms with Crippen molar-refractivity contribution in [3.8, 4) is 11.8 Å². The Hall–Kier alpha value is -1.27. The van der Waals surface area contributed by atoms with Crippen molar-refractivity contribution in [2.45, 2.75) is 19.4 Å². The van der Waals surface area contributed by atoms with Gasteiger partial charge in [-0.15, -0.1) is 0 Å². The number of rotatable bonds is 1. The van der Waals surface area contributed by atoms with Crippen molar-refractivity contribution in [2.24, 2.45) is 0 Å². The molecule has 0 aromatic carbocycles. The summed E-state index contributed by atoms with van der Waals surface area (Å²) in [6.07, 6.45) is 2.53. The van der Waals surface area contributed by atoms with Crippen LogP contribution in [-0.4, -0.2) is 23.8 Å². The minimum Gasteiger partial charge on any atom is -0.466 e. The molecule has 0 atom stereocenters. The minimum atomic E-state index is -1.03. The van der Waals surface area contributed by atoms with Crippen LogP contribution in [0.2, 0.25) is 0 Å². The topological polar surface area (TPSA) is 46.5 Å². The van der Waals surface area contributed by atoms with Crippen LogP contribution >= 0.6 is 0 Å². The Morgan fingerprint density at radius 2 is 2.17 bits per heavy atom. The van der Waals surface area contributed by atoms with E-state index < -0.39 is 11.6 Å². The van der Waals surface area contributed by atoms with Crippen LogP contribution in [0.1, 0.15) is 13.8 Å². The standard InChI is InChI=1S/C9H12O3/c1-9(2,11)7-5-4-6-8(10)12-3/h4,6,11H,1-3H3/b6-4+. The summed E-state index contributed by atoms with van der Waals surface area (Å²) >= 11 is 0.